The molecule has 1 N–H and O–H groups in total. The van der Waals surface area contributed by atoms with E-state index in [2.05, 4.69) is 43.5 Å². The van der Waals surface area contributed by atoms with Gasteiger partial charge in [0.15, 0.2) is 0 Å². The number of aromatic carboxylic acids is 1. The van der Waals surface area contributed by atoms with Crippen molar-refractivity contribution in [3.8, 4) is 28.3 Å². The van der Waals surface area contributed by atoms with E-state index >= 15 is 0 Å². The Morgan fingerprint density at radius 3 is 2.42 bits per heavy atom. The number of ether oxygens (including phenoxy) is 1. The zero-order valence-electron chi connectivity index (χ0n) is 21.0. The highest BCUT2D eigenvalue weighted by atomic mass is 16.5. The molecular formula is C29H26N6O3. The summed E-state index contributed by atoms with van der Waals surface area (Å²) in [5, 5.41) is 22.1. The lowest BCUT2D eigenvalue weighted by molar-refractivity contribution is 0.0695. The summed E-state index contributed by atoms with van der Waals surface area (Å²) in [5.41, 5.74) is 4.74. The molecule has 0 unspecified atom stereocenters. The Morgan fingerprint density at radius 1 is 0.921 bits per heavy atom. The molecule has 5 aromatic rings. The summed E-state index contributed by atoms with van der Waals surface area (Å²) in [6.07, 6.45) is 1.88. The van der Waals surface area contributed by atoms with Crippen LogP contribution in [0.15, 0.2) is 91.1 Å². The second-order valence-corrected chi connectivity index (χ2v) is 8.76. The predicted molar refractivity (Wildman–Crippen MR) is 144 cm³/mol. The first-order valence-electron chi connectivity index (χ1n) is 12.0. The smallest absolute Gasteiger partial charge is 0.336 e. The number of carboxylic acids is 1. The SMILES string of the molecule is COc1cc(-c2nnn(Cc3ccccc3C(=O)O)n2)ccc1CN(C)c1ccc(-c2ccccc2)cn1. The first kappa shape index (κ1) is 24.6. The number of anilines is 1. The third-order valence-corrected chi connectivity index (χ3v) is 6.21. The minimum atomic E-state index is -0.992. The zero-order valence-corrected chi connectivity index (χ0v) is 21.0. The van der Waals surface area contributed by atoms with Gasteiger partial charge >= 0.3 is 5.97 Å². The number of aromatic nitrogens is 5. The fourth-order valence-corrected chi connectivity index (χ4v) is 4.21. The summed E-state index contributed by atoms with van der Waals surface area (Å²) in [7, 11) is 3.61. The van der Waals surface area contributed by atoms with Gasteiger partial charge in [0, 0.05) is 36.5 Å². The number of hydrogen-bond acceptors (Lipinski definition) is 7. The van der Waals surface area contributed by atoms with Crippen LogP contribution in [0, 0.1) is 0 Å². The Hall–Kier alpha value is -5.05. The molecule has 2 heterocycles. The fraction of sp³-hybridized carbons (Fsp3) is 0.138. The molecule has 3 aromatic carbocycles. The topological polar surface area (TPSA) is 106 Å². The van der Waals surface area contributed by atoms with Crippen molar-refractivity contribution in [2.24, 2.45) is 0 Å². The molecular weight excluding hydrogens is 480 g/mol. The van der Waals surface area contributed by atoms with E-state index in [0.29, 0.717) is 23.7 Å². The molecule has 0 radical (unpaired) electrons. The van der Waals surface area contributed by atoms with E-state index in [0.717, 1.165) is 28.1 Å². The molecule has 0 bridgehead atoms. The molecule has 0 aliphatic carbocycles. The zero-order chi connectivity index (χ0) is 26.5. The van der Waals surface area contributed by atoms with Crippen LogP contribution >= 0.6 is 0 Å². The lowest BCUT2D eigenvalue weighted by Crippen LogP contribution is -2.18. The first-order chi connectivity index (χ1) is 18.5. The van der Waals surface area contributed by atoms with Gasteiger partial charge in [0.05, 0.1) is 19.2 Å². The Morgan fingerprint density at radius 2 is 1.68 bits per heavy atom. The third kappa shape index (κ3) is 5.36. The highest BCUT2D eigenvalue weighted by Crippen LogP contribution is 2.28. The summed E-state index contributed by atoms with van der Waals surface area (Å²) in [6, 6.07) is 26.8. The van der Waals surface area contributed by atoms with Crippen molar-refractivity contribution in [2.75, 3.05) is 19.1 Å². The Bertz CT molecular complexity index is 1550. The minimum absolute atomic E-state index is 0.200. The number of carboxylic acid groups (broad SMARTS) is 1. The maximum absolute atomic E-state index is 11.5. The molecule has 190 valence electrons. The van der Waals surface area contributed by atoms with Crippen LogP contribution in [0.2, 0.25) is 0 Å². The quantitative estimate of drug-likeness (QED) is 0.304. The molecule has 0 saturated heterocycles. The number of hydrogen-bond donors (Lipinski definition) is 1. The average Bonchev–Trinajstić information content (AvgIpc) is 3.42. The second-order valence-electron chi connectivity index (χ2n) is 8.76. The molecule has 0 aliphatic rings. The van der Waals surface area contributed by atoms with Gasteiger partial charge in [-0.15, -0.1) is 10.2 Å². The number of methoxy groups -OCH3 is 1. The van der Waals surface area contributed by atoms with Crippen molar-refractivity contribution >= 4 is 11.8 Å². The van der Waals surface area contributed by atoms with Crippen LogP contribution in [0.1, 0.15) is 21.5 Å². The van der Waals surface area contributed by atoms with Gasteiger partial charge in [0.1, 0.15) is 11.6 Å². The number of tetrazole rings is 1. The van der Waals surface area contributed by atoms with Gasteiger partial charge in [-0.1, -0.05) is 60.7 Å². The minimum Gasteiger partial charge on any atom is -0.496 e. The summed E-state index contributed by atoms with van der Waals surface area (Å²) in [4.78, 5) is 19.6. The van der Waals surface area contributed by atoms with Gasteiger partial charge in [-0.05, 0) is 40.6 Å². The summed E-state index contributed by atoms with van der Waals surface area (Å²) in [5.74, 6) is 0.979. The van der Waals surface area contributed by atoms with E-state index in [9.17, 15) is 9.90 Å². The molecule has 9 nitrogen and oxygen atoms in total. The molecule has 2 aromatic heterocycles. The van der Waals surface area contributed by atoms with Crippen molar-refractivity contribution in [1.29, 1.82) is 0 Å². The Labute approximate surface area is 220 Å². The van der Waals surface area contributed by atoms with E-state index in [1.54, 1.807) is 31.4 Å². The molecule has 38 heavy (non-hydrogen) atoms. The van der Waals surface area contributed by atoms with Gasteiger partial charge in [0.25, 0.3) is 0 Å². The van der Waals surface area contributed by atoms with Crippen LogP contribution in [0.25, 0.3) is 22.5 Å². The van der Waals surface area contributed by atoms with Gasteiger partial charge in [-0.2, -0.15) is 4.80 Å². The first-order valence-corrected chi connectivity index (χ1v) is 12.0. The molecule has 0 saturated carbocycles. The van der Waals surface area contributed by atoms with Gasteiger partial charge in [-0.3, -0.25) is 0 Å². The number of carbonyl (C=O) groups is 1. The normalized spacial score (nSPS) is 10.8. The molecule has 5 rings (SSSR count). The summed E-state index contributed by atoms with van der Waals surface area (Å²) < 4.78 is 5.67. The Kier molecular flexibility index (Phi) is 7.08. The fourth-order valence-electron chi connectivity index (χ4n) is 4.21. The van der Waals surface area contributed by atoms with Gasteiger partial charge in [-0.25, -0.2) is 9.78 Å². The number of benzene rings is 3. The number of pyridine rings is 1. The third-order valence-electron chi connectivity index (χ3n) is 6.21. The number of nitrogens with zero attached hydrogens (tertiary/aromatic N) is 6. The highest BCUT2D eigenvalue weighted by molar-refractivity contribution is 5.89. The van der Waals surface area contributed by atoms with Crippen LogP contribution in [0.4, 0.5) is 5.82 Å². The molecule has 0 atom stereocenters. The predicted octanol–water partition coefficient (Wildman–Crippen LogP) is 4.79. The van der Waals surface area contributed by atoms with E-state index in [1.165, 1.54) is 4.80 Å². The maximum atomic E-state index is 11.5. The monoisotopic (exact) mass is 506 g/mol. The standard InChI is InChI=1S/C29H26N6O3/c1-34(27-15-14-22(17-30-27)20-8-4-3-5-9-20)18-24-13-12-21(16-26(24)38-2)28-31-33-35(32-28)19-23-10-6-7-11-25(23)29(36)37/h3-17H,18-19H2,1-2H3,(H,36,37). The van der Waals surface area contributed by atoms with Crippen molar-refractivity contribution in [2.45, 2.75) is 13.1 Å². The highest BCUT2D eigenvalue weighted by Gasteiger charge is 2.15. The van der Waals surface area contributed by atoms with Crippen molar-refractivity contribution in [1.82, 2.24) is 25.2 Å². The molecule has 0 amide bonds. The Balaban J connectivity index is 1.30. The summed E-state index contributed by atoms with van der Waals surface area (Å²) >= 11 is 0. The molecule has 0 fully saturated rings. The molecule has 0 spiro atoms. The molecule has 0 aliphatic heterocycles. The maximum Gasteiger partial charge on any atom is 0.336 e. The van der Waals surface area contributed by atoms with E-state index < -0.39 is 5.97 Å². The van der Waals surface area contributed by atoms with Crippen LogP contribution in [-0.2, 0) is 13.1 Å². The summed E-state index contributed by atoms with van der Waals surface area (Å²) in [6.45, 7) is 0.790. The van der Waals surface area contributed by atoms with E-state index in [4.69, 9.17) is 4.74 Å². The van der Waals surface area contributed by atoms with E-state index in [-0.39, 0.29) is 12.1 Å². The largest absolute Gasteiger partial charge is 0.496 e. The van der Waals surface area contributed by atoms with E-state index in [1.807, 2.05) is 55.7 Å². The van der Waals surface area contributed by atoms with Gasteiger partial charge < -0.3 is 14.7 Å². The van der Waals surface area contributed by atoms with Crippen molar-refractivity contribution < 1.29 is 14.6 Å². The lowest BCUT2D eigenvalue weighted by atomic mass is 10.1. The van der Waals surface area contributed by atoms with Crippen LogP contribution in [-0.4, -0.2) is 50.4 Å². The van der Waals surface area contributed by atoms with Crippen LogP contribution < -0.4 is 9.64 Å². The van der Waals surface area contributed by atoms with Gasteiger partial charge in [0.2, 0.25) is 5.82 Å². The van der Waals surface area contributed by atoms with Crippen molar-refractivity contribution in [3.63, 3.8) is 0 Å². The number of rotatable bonds is 9. The van der Waals surface area contributed by atoms with Crippen LogP contribution in [0.5, 0.6) is 5.75 Å². The molecule has 9 heteroatoms. The lowest BCUT2D eigenvalue weighted by Gasteiger charge is -2.20. The second kappa shape index (κ2) is 10.9. The van der Waals surface area contributed by atoms with Crippen LogP contribution in [0.3, 0.4) is 0 Å². The average molecular weight is 507 g/mol. The van der Waals surface area contributed by atoms with Crippen molar-refractivity contribution in [3.05, 3.63) is 108 Å².